The summed E-state index contributed by atoms with van der Waals surface area (Å²) < 4.78 is 0. The van der Waals surface area contributed by atoms with E-state index < -0.39 is 6.04 Å². The molecule has 0 aliphatic heterocycles. The number of thiazole rings is 1. The van der Waals surface area contributed by atoms with E-state index in [9.17, 15) is 4.79 Å². The van der Waals surface area contributed by atoms with Crippen LogP contribution in [-0.2, 0) is 11.3 Å². The van der Waals surface area contributed by atoms with Gasteiger partial charge in [0, 0.05) is 11.1 Å². The van der Waals surface area contributed by atoms with Gasteiger partial charge in [0.25, 0.3) is 0 Å². The van der Waals surface area contributed by atoms with E-state index >= 15 is 0 Å². The number of nitrogens with zero attached hydrogens (tertiary/aromatic N) is 1. The molecule has 0 saturated carbocycles. The van der Waals surface area contributed by atoms with Gasteiger partial charge in [-0.05, 0) is 12.3 Å². The maximum absolute atomic E-state index is 11.5. The molecule has 1 aromatic heterocycles. The SMILES string of the molecule is CC(C)C[C@H](N)C(=O)NCc1cncs1. The smallest absolute Gasteiger partial charge is 0.237 e. The van der Waals surface area contributed by atoms with Crippen molar-refractivity contribution in [2.24, 2.45) is 11.7 Å². The first kappa shape index (κ1) is 12.1. The number of aromatic nitrogens is 1. The van der Waals surface area contributed by atoms with Gasteiger partial charge in [0.05, 0.1) is 18.1 Å². The molecule has 0 aromatic carbocycles. The Morgan fingerprint density at radius 2 is 2.40 bits per heavy atom. The van der Waals surface area contributed by atoms with Crippen molar-refractivity contribution in [3.05, 3.63) is 16.6 Å². The number of nitrogens with two attached hydrogens (primary N) is 1. The number of amides is 1. The van der Waals surface area contributed by atoms with Crippen molar-refractivity contribution in [2.45, 2.75) is 32.9 Å². The third-order valence-electron chi connectivity index (χ3n) is 1.98. The van der Waals surface area contributed by atoms with Crippen LogP contribution in [-0.4, -0.2) is 16.9 Å². The van der Waals surface area contributed by atoms with E-state index in [4.69, 9.17) is 5.73 Å². The van der Waals surface area contributed by atoms with Gasteiger partial charge in [0.1, 0.15) is 0 Å². The number of hydrogen-bond donors (Lipinski definition) is 2. The lowest BCUT2D eigenvalue weighted by Gasteiger charge is -2.13. The first-order valence-electron chi connectivity index (χ1n) is 5.00. The molecule has 84 valence electrons. The van der Waals surface area contributed by atoms with Gasteiger partial charge in [-0.3, -0.25) is 9.78 Å². The highest BCUT2D eigenvalue weighted by Crippen LogP contribution is 2.06. The summed E-state index contributed by atoms with van der Waals surface area (Å²) in [5.74, 6) is 0.353. The number of carbonyl (C=O) groups excluding carboxylic acids is 1. The van der Waals surface area contributed by atoms with Crippen LogP contribution in [0.25, 0.3) is 0 Å². The molecule has 1 amide bonds. The molecule has 1 atom stereocenters. The van der Waals surface area contributed by atoms with Gasteiger partial charge in [-0.25, -0.2) is 0 Å². The highest BCUT2D eigenvalue weighted by Gasteiger charge is 2.14. The molecule has 1 heterocycles. The summed E-state index contributed by atoms with van der Waals surface area (Å²) in [6.07, 6.45) is 2.47. The lowest BCUT2D eigenvalue weighted by Crippen LogP contribution is -2.40. The molecule has 1 rings (SSSR count). The van der Waals surface area contributed by atoms with Gasteiger partial charge >= 0.3 is 0 Å². The van der Waals surface area contributed by atoms with E-state index in [0.29, 0.717) is 18.9 Å². The van der Waals surface area contributed by atoms with E-state index in [-0.39, 0.29) is 5.91 Å². The van der Waals surface area contributed by atoms with Crippen molar-refractivity contribution in [3.63, 3.8) is 0 Å². The van der Waals surface area contributed by atoms with Crippen LogP contribution in [0.2, 0.25) is 0 Å². The highest BCUT2D eigenvalue weighted by molar-refractivity contribution is 7.09. The Morgan fingerprint density at radius 1 is 1.67 bits per heavy atom. The molecule has 5 heteroatoms. The number of nitrogens with one attached hydrogen (secondary N) is 1. The maximum Gasteiger partial charge on any atom is 0.237 e. The van der Waals surface area contributed by atoms with Crippen LogP contribution in [0.3, 0.4) is 0 Å². The summed E-state index contributed by atoms with van der Waals surface area (Å²) in [7, 11) is 0. The summed E-state index contributed by atoms with van der Waals surface area (Å²) >= 11 is 1.52. The monoisotopic (exact) mass is 227 g/mol. The minimum absolute atomic E-state index is 0.0860. The molecular weight excluding hydrogens is 210 g/mol. The van der Waals surface area contributed by atoms with Gasteiger partial charge in [0.15, 0.2) is 0 Å². The van der Waals surface area contributed by atoms with Gasteiger partial charge < -0.3 is 11.1 Å². The zero-order chi connectivity index (χ0) is 11.3. The molecule has 0 radical (unpaired) electrons. The Labute approximate surface area is 93.9 Å². The molecule has 0 aliphatic rings. The molecule has 15 heavy (non-hydrogen) atoms. The van der Waals surface area contributed by atoms with Crippen LogP contribution in [0.4, 0.5) is 0 Å². The van der Waals surface area contributed by atoms with Crippen molar-refractivity contribution in [1.82, 2.24) is 10.3 Å². The quantitative estimate of drug-likeness (QED) is 0.792. The number of carbonyl (C=O) groups is 1. The summed E-state index contributed by atoms with van der Waals surface area (Å²) in [5, 5.41) is 2.80. The number of hydrogen-bond acceptors (Lipinski definition) is 4. The first-order valence-corrected chi connectivity index (χ1v) is 5.88. The summed E-state index contributed by atoms with van der Waals surface area (Å²) in [4.78, 5) is 16.5. The lowest BCUT2D eigenvalue weighted by molar-refractivity contribution is -0.122. The molecule has 3 N–H and O–H groups in total. The second-order valence-corrected chi connectivity index (χ2v) is 4.89. The van der Waals surface area contributed by atoms with E-state index in [1.165, 1.54) is 11.3 Å². The van der Waals surface area contributed by atoms with Crippen LogP contribution in [0.5, 0.6) is 0 Å². The second kappa shape index (κ2) is 5.82. The molecule has 0 fully saturated rings. The average Bonchev–Trinajstić information content (AvgIpc) is 2.65. The number of rotatable bonds is 5. The van der Waals surface area contributed by atoms with Crippen LogP contribution >= 0.6 is 11.3 Å². The minimum Gasteiger partial charge on any atom is -0.350 e. The van der Waals surface area contributed by atoms with Crippen molar-refractivity contribution < 1.29 is 4.79 Å². The summed E-state index contributed by atoms with van der Waals surface area (Å²) in [6, 6.07) is -0.405. The predicted molar refractivity (Wildman–Crippen MR) is 61.4 cm³/mol. The van der Waals surface area contributed by atoms with Crippen molar-refractivity contribution >= 4 is 17.2 Å². The maximum atomic E-state index is 11.5. The average molecular weight is 227 g/mol. The topological polar surface area (TPSA) is 68.0 Å². The Hall–Kier alpha value is -0.940. The van der Waals surface area contributed by atoms with E-state index in [1.54, 1.807) is 11.7 Å². The molecule has 0 saturated heterocycles. The fourth-order valence-corrected chi connectivity index (χ4v) is 1.78. The van der Waals surface area contributed by atoms with Crippen molar-refractivity contribution in [3.8, 4) is 0 Å². The first-order chi connectivity index (χ1) is 7.09. The normalized spacial score (nSPS) is 12.8. The molecule has 1 aromatic rings. The second-order valence-electron chi connectivity index (χ2n) is 3.92. The molecular formula is C10H17N3OS. The zero-order valence-corrected chi connectivity index (χ0v) is 9.88. The molecule has 0 aliphatic carbocycles. The van der Waals surface area contributed by atoms with Gasteiger partial charge in [-0.2, -0.15) is 0 Å². The van der Waals surface area contributed by atoms with Crippen LogP contribution in [0.15, 0.2) is 11.7 Å². The minimum atomic E-state index is -0.405. The summed E-state index contributed by atoms with van der Waals surface area (Å²) in [5.41, 5.74) is 7.48. The Kier molecular flexibility index (Phi) is 4.71. The van der Waals surface area contributed by atoms with Crippen LogP contribution in [0, 0.1) is 5.92 Å². The van der Waals surface area contributed by atoms with Gasteiger partial charge in [0.2, 0.25) is 5.91 Å². The lowest BCUT2D eigenvalue weighted by atomic mass is 10.0. The predicted octanol–water partition coefficient (Wildman–Crippen LogP) is 1.13. The molecule has 0 bridgehead atoms. The summed E-state index contributed by atoms with van der Waals surface area (Å²) in [6.45, 7) is 4.63. The molecule has 4 nitrogen and oxygen atoms in total. The fourth-order valence-electron chi connectivity index (χ4n) is 1.25. The fraction of sp³-hybridized carbons (Fsp3) is 0.600. The third-order valence-corrected chi connectivity index (χ3v) is 2.76. The Balaban J connectivity index is 2.29. The van der Waals surface area contributed by atoms with Crippen molar-refractivity contribution in [2.75, 3.05) is 0 Å². The highest BCUT2D eigenvalue weighted by atomic mass is 32.1. The van der Waals surface area contributed by atoms with Crippen LogP contribution in [0.1, 0.15) is 25.1 Å². The van der Waals surface area contributed by atoms with E-state index in [2.05, 4.69) is 24.1 Å². The van der Waals surface area contributed by atoms with Crippen molar-refractivity contribution in [1.29, 1.82) is 0 Å². The standard InChI is InChI=1S/C10H17N3OS/c1-7(2)3-9(11)10(14)13-5-8-4-12-6-15-8/h4,6-7,9H,3,5,11H2,1-2H3,(H,13,14)/t9-/m0/s1. The van der Waals surface area contributed by atoms with Gasteiger partial charge in [-0.1, -0.05) is 13.8 Å². The largest absolute Gasteiger partial charge is 0.350 e. The van der Waals surface area contributed by atoms with E-state index in [0.717, 1.165) is 4.88 Å². The Bertz CT molecular complexity index is 298. The Morgan fingerprint density at radius 3 is 2.93 bits per heavy atom. The third kappa shape index (κ3) is 4.40. The zero-order valence-electron chi connectivity index (χ0n) is 9.06. The van der Waals surface area contributed by atoms with Gasteiger partial charge in [-0.15, -0.1) is 11.3 Å². The molecule has 0 spiro atoms. The van der Waals surface area contributed by atoms with Crippen LogP contribution < -0.4 is 11.1 Å². The molecule has 0 unspecified atom stereocenters. The van der Waals surface area contributed by atoms with E-state index in [1.807, 2.05) is 0 Å².